The van der Waals surface area contributed by atoms with Gasteiger partial charge in [-0.25, -0.2) is 0 Å². The van der Waals surface area contributed by atoms with Gasteiger partial charge in [-0.3, -0.25) is 29.4 Å². The number of carbonyl (C=O) groups excluding carboxylic acids is 4. The second-order valence-corrected chi connectivity index (χ2v) is 9.09. The molecule has 3 aliphatic heterocycles. The van der Waals surface area contributed by atoms with Crippen molar-refractivity contribution in [2.45, 2.75) is 37.9 Å². The van der Waals surface area contributed by atoms with Crippen molar-refractivity contribution in [2.24, 2.45) is 17.6 Å². The Morgan fingerprint density at radius 1 is 1.12 bits per heavy atom. The molecular formula is C25H26N4O5. The predicted molar refractivity (Wildman–Crippen MR) is 122 cm³/mol. The van der Waals surface area contributed by atoms with E-state index in [1.807, 2.05) is 31.2 Å². The molecule has 0 bridgehead atoms. The number of nitrogens with two attached hydrogens (primary N) is 1. The molecule has 0 saturated carbocycles. The van der Waals surface area contributed by atoms with E-state index in [1.165, 1.54) is 12.0 Å². The Labute approximate surface area is 196 Å². The molecule has 176 valence electrons. The molecule has 3 aliphatic rings. The smallest absolute Gasteiger partial charge is 0.250 e. The summed E-state index contributed by atoms with van der Waals surface area (Å²) in [5.74, 6) is -2.82. The predicted octanol–water partition coefficient (Wildman–Crippen LogP) is 1.19. The van der Waals surface area contributed by atoms with E-state index in [4.69, 9.17) is 10.5 Å². The van der Waals surface area contributed by atoms with Crippen molar-refractivity contribution in [3.8, 4) is 5.75 Å². The highest BCUT2D eigenvalue weighted by Gasteiger charge is 2.70. The van der Waals surface area contributed by atoms with Crippen LogP contribution in [0.25, 0.3) is 0 Å². The van der Waals surface area contributed by atoms with Crippen molar-refractivity contribution < 1.29 is 23.9 Å². The molecule has 2 aromatic carbocycles. The first kappa shape index (κ1) is 22.1. The topological polar surface area (TPSA) is 131 Å². The third-order valence-corrected chi connectivity index (χ3v) is 7.27. The second-order valence-electron chi connectivity index (χ2n) is 9.09. The first-order chi connectivity index (χ1) is 16.3. The van der Waals surface area contributed by atoms with Gasteiger partial charge < -0.3 is 15.8 Å². The van der Waals surface area contributed by atoms with Crippen LogP contribution in [-0.4, -0.2) is 41.7 Å². The number of likely N-dealkylation sites (tertiary alicyclic amines) is 1. The SMILES string of the molecule is COc1ccccc1CN1C(=O)[C@@H]2[C@H](CCC(N)=O)N[C@@]3(C(=O)Nc4c(C)cccc43)[C@H]2C1=O. The lowest BCUT2D eigenvalue weighted by atomic mass is 9.76. The van der Waals surface area contributed by atoms with Gasteiger partial charge in [0.25, 0.3) is 0 Å². The number of aryl methyl sites for hydroxylation is 1. The lowest BCUT2D eigenvalue weighted by Gasteiger charge is -2.29. The van der Waals surface area contributed by atoms with Crippen LogP contribution >= 0.6 is 0 Å². The van der Waals surface area contributed by atoms with Crippen LogP contribution in [0.4, 0.5) is 5.69 Å². The summed E-state index contributed by atoms with van der Waals surface area (Å²) in [4.78, 5) is 53.7. The number of methoxy groups -OCH3 is 1. The number of primary amides is 1. The summed E-state index contributed by atoms with van der Waals surface area (Å²) < 4.78 is 5.40. The Morgan fingerprint density at radius 2 is 1.88 bits per heavy atom. The van der Waals surface area contributed by atoms with Gasteiger partial charge in [-0.15, -0.1) is 0 Å². The average molecular weight is 463 g/mol. The molecule has 9 nitrogen and oxygen atoms in total. The molecule has 4 atom stereocenters. The van der Waals surface area contributed by atoms with Gasteiger partial charge in [-0.05, 0) is 25.0 Å². The fourth-order valence-corrected chi connectivity index (χ4v) is 5.74. The molecule has 1 spiro atoms. The number of nitrogens with one attached hydrogen (secondary N) is 2. The van der Waals surface area contributed by atoms with Crippen molar-refractivity contribution in [2.75, 3.05) is 12.4 Å². The Morgan fingerprint density at radius 3 is 2.62 bits per heavy atom. The van der Waals surface area contributed by atoms with Gasteiger partial charge in [-0.1, -0.05) is 36.4 Å². The number of imide groups is 1. The van der Waals surface area contributed by atoms with E-state index < -0.39 is 35.2 Å². The number of nitrogens with zero attached hydrogens (tertiary/aromatic N) is 1. The minimum absolute atomic E-state index is 0.0350. The lowest BCUT2D eigenvalue weighted by molar-refractivity contribution is -0.143. The zero-order chi connectivity index (χ0) is 24.2. The molecule has 5 rings (SSSR count). The van der Waals surface area contributed by atoms with Gasteiger partial charge in [0.15, 0.2) is 0 Å². The Kier molecular flexibility index (Phi) is 5.16. The summed E-state index contributed by atoms with van der Waals surface area (Å²) in [6, 6.07) is 12.1. The number of hydrogen-bond donors (Lipinski definition) is 3. The highest BCUT2D eigenvalue weighted by molar-refractivity contribution is 6.15. The number of para-hydroxylation sites is 2. The van der Waals surface area contributed by atoms with Crippen LogP contribution in [-0.2, 0) is 31.3 Å². The molecule has 9 heteroatoms. The maximum atomic E-state index is 13.8. The molecule has 4 amide bonds. The Bertz CT molecular complexity index is 1230. The van der Waals surface area contributed by atoms with Crippen molar-refractivity contribution in [3.63, 3.8) is 0 Å². The van der Waals surface area contributed by atoms with Crippen molar-refractivity contribution in [1.82, 2.24) is 10.2 Å². The molecule has 0 radical (unpaired) electrons. The summed E-state index contributed by atoms with van der Waals surface area (Å²) in [6.45, 7) is 1.92. The highest BCUT2D eigenvalue weighted by atomic mass is 16.5. The highest BCUT2D eigenvalue weighted by Crippen LogP contribution is 2.54. The van der Waals surface area contributed by atoms with E-state index >= 15 is 0 Å². The first-order valence-corrected chi connectivity index (χ1v) is 11.2. The quantitative estimate of drug-likeness (QED) is 0.553. The number of benzene rings is 2. The fraction of sp³-hybridized carbons (Fsp3) is 0.360. The molecule has 2 aromatic rings. The zero-order valence-corrected chi connectivity index (χ0v) is 19.0. The van der Waals surface area contributed by atoms with Gasteiger partial charge in [0.2, 0.25) is 23.6 Å². The standard InChI is InChI=1S/C25H26N4O5/c1-13-6-5-8-15-21(13)27-24(33)25(15)20-19(16(28-25)10-11-18(26)30)22(31)29(23(20)32)12-14-7-3-4-9-17(14)34-2/h3-9,16,19-20,28H,10-12H2,1-2H3,(H2,26,30)(H,27,33)/t16-,19+,20+,25+/m0/s1. The van der Waals surface area contributed by atoms with Gasteiger partial charge in [0.05, 0.1) is 25.5 Å². The zero-order valence-electron chi connectivity index (χ0n) is 19.0. The third kappa shape index (κ3) is 3.03. The third-order valence-electron chi connectivity index (χ3n) is 7.27. The summed E-state index contributed by atoms with van der Waals surface area (Å²) in [5.41, 5.74) is 6.84. The lowest BCUT2D eigenvalue weighted by Crippen LogP contribution is -2.53. The first-order valence-electron chi connectivity index (χ1n) is 11.2. The van der Waals surface area contributed by atoms with Crippen molar-refractivity contribution in [3.05, 3.63) is 59.2 Å². The van der Waals surface area contributed by atoms with Crippen molar-refractivity contribution in [1.29, 1.82) is 0 Å². The van der Waals surface area contributed by atoms with Gasteiger partial charge in [0.1, 0.15) is 11.3 Å². The number of hydrogen-bond acceptors (Lipinski definition) is 6. The number of ether oxygens (including phenoxy) is 1. The van der Waals surface area contributed by atoms with E-state index in [0.717, 1.165) is 5.56 Å². The summed E-state index contributed by atoms with van der Waals surface area (Å²) in [5, 5.41) is 6.23. The second kappa shape index (κ2) is 7.95. The minimum Gasteiger partial charge on any atom is -0.496 e. The van der Waals surface area contributed by atoms with E-state index in [1.54, 1.807) is 18.2 Å². The van der Waals surface area contributed by atoms with Crippen LogP contribution in [0, 0.1) is 18.8 Å². The molecule has 0 unspecified atom stereocenters. The Balaban J connectivity index is 1.59. The molecule has 2 fully saturated rings. The van der Waals surface area contributed by atoms with Crippen LogP contribution in [0.5, 0.6) is 5.75 Å². The minimum atomic E-state index is -1.39. The Hall–Kier alpha value is -3.72. The van der Waals surface area contributed by atoms with Crippen LogP contribution in [0.15, 0.2) is 42.5 Å². The molecule has 4 N–H and O–H groups in total. The molecular weight excluding hydrogens is 436 g/mol. The summed E-state index contributed by atoms with van der Waals surface area (Å²) >= 11 is 0. The number of fused-ring (bicyclic) bond motifs is 4. The normalized spacial score (nSPS) is 27.2. The number of anilines is 1. The van der Waals surface area contributed by atoms with Crippen LogP contribution < -0.4 is 21.1 Å². The molecule has 34 heavy (non-hydrogen) atoms. The van der Waals surface area contributed by atoms with Crippen molar-refractivity contribution >= 4 is 29.3 Å². The summed E-state index contributed by atoms with van der Waals surface area (Å²) in [7, 11) is 1.53. The van der Waals surface area contributed by atoms with Crippen LogP contribution in [0.3, 0.4) is 0 Å². The number of amides is 4. The van der Waals surface area contributed by atoms with Gasteiger partial charge >= 0.3 is 0 Å². The van der Waals surface area contributed by atoms with Crippen LogP contribution in [0.2, 0.25) is 0 Å². The van der Waals surface area contributed by atoms with Gasteiger partial charge in [0, 0.05) is 29.3 Å². The molecule has 0 aromatic heterocycles. The largest absolute Gasteiger partial charge is 0.496 e. The monoisotopic (exact) mass is 462 g/mol. The summed E-state index contributed by atoms with van der Waals surface area (Å²) in [6.07, 6.45) is 0.279. The fourth-order valence-electron chi connectivity index (χ4n) is 5.74. The maximum Gasteiger partial charge on any atom is 0.250 e. The van der Waals surface area contributed by atoms with Crippen LogP contribution in [0.1, 0.15) is 29.5 Å². The number of carbonyl (C=O) groups is 4. The van der Waals surface area contributed by atoms with E-state index in [-0.39, 0.29) is 31.2 Å². The van der Waals surface area contributed by atoms with Gasteiger partial charge in [-0.2, -0.15) is 0 Å². The molecule has 0 aliphatic carbocycles. The molecule has 2 saturated heterocycles. The maximum absolute atomic E-state index is 13.8. The van der Waals surface area contributed by atoms with E-state index in [0.29, 0.717) is 22.6 Å². The van der Waals surface area contributed by atoms with E-state index in [2.05, 4.69) is 10.6 Å². The average Bonchev–Trinajstić information content (AvgIpc) is 3.40. The molecule has 3 heterocycles. The van der Waals surface area contributed by atoms with E-state index in [9.17, 15) is 19.2 Å². The number of rotatable bonds is 6.